The molecule has 3 rings (SSSR count). The molecule has 2 unspecified atom stereocenters. The molecule has 0 bridgehead atoms. The highest BCUT2D eigenvalue weighted by Gasteiger charge is 2.48. The Hall–Kier alpha value is -0.830. The predicted octanol–water partition coefficient (Wildman–Crippen LogP) is 5.01. The van der Waals surface area contributed by atoms with Crippen molar-refractivity contribution in [3.05, 3.63) is 40.4 Å². The molecule has 0 heterocycles. The van der Waals surface area contributed by atoms with Crippen LogP contribution in [-0.2, 0) is 0 Å². The Labute approximate surface area is 151 Å². The van der Waals surface area contributed by atoms with Crippen LogP contribution in [-0.4, -0.2) is 36.2 Å². The zero-order valence-electron chi connectivity index (χ0n) is 15.0. The Morgan fingerprint density at radius 2 is 1.79 bits per heavy atom. The minimum atomic E-state index is -0.640. The molecule has 2 aliphatic rings. The standard InChI is InChI=1S/C21H30ClNO/c1-23(2)15-19-9-5-8-18(14-16-10-12-20(22)13-11-16)21(19,24)17-6-3-4-7-17/h10-14,17,19,24H,3-9,15H2,1-2H3/b18-14+. The van der Waals surface area contributed by atoms with E-state index in [2.05, 4.69) is 37.2 Å². The van der Waals surface area contributed by atoms with Crippen LogP contribution in [0.1, 0.15) is 50.5 Å². The summed E-state index contributed by atoms with van der Waals surface area (Å²) >= 11 is 6.02. The van der Waals surface area contributed by atoms with Gasteiger partial charge in [-0.15, -0.1) is 0 Å². The zero-order valence-corrected chi connectivity index (χ0v) is 15.7. The summed E-state index contributed by atoms with van der Waals surface area (Å²) in [5.41, 5.74) is 1.75. The molecule has 0 spiro atoms. The van der Waals surface area contributed by atoms with Gasteiger partial charge >= 0.3 is 0 Å². The lowest BCUT2D eigenvalue weighted by atomic mass is 9.64. The second kappa shape index (κ2) is 7.59. The van der Waals surface area contributed by atoms with Gasteiger partial charge in [0.25, 0.3) is 0 Å². The quantitative estimate of drug-likeness (QED) is 0.827. The van der Waals surface area contributed by atoms with Crippen LogP contribution in [0.15, 0.2) is 29.8 Å². The summed E-state index contributed by atoms with van der Waals surface area (Å²) in [5, 5.41) is 12.7. The zero-order chi connectivity index (χ0) is 17.2. The average molecular weight is 348 g/mol. The third-order valence-corrected chi connectivity index (χ3v) is 6.16. The summed E-state index contributed by atoms with van der Waals surface area (Å²) in [4.78, 5) is 2.23. The highest BCUT2D eigenvalue weighted by molar-refractivity contribution is 6.30. The fourth-order valence-electron chi connectivity index (χ4n) is 4.80. The van der Waals surface area contributed by atoms with Gasteiger partial charge in [-0.25, -0.2) is 0 Å². The van der Waals surface area contributed by atoms with Crippen LogP contribution in [0.4, 0.5) is 0 Å². The molecule has 24 heavy (non-hydrogen) atoms. The molecule has 0 aromatic heterocycles. The molecule has 2 saturated carbocycles. The maximum Gasteiger partial charge on any atom is 0.0928 e. The molecule has 2 nitrogen and oxygen atoms in total. The Balaban J connectivity index is 1.96. The molecule has 3 heteroatoms. The highest BCUT2D eigenvalue weighted by Crippen LogP contribution is 2.49. The predicted molar refractivity (Wildman–Crippen MR) is 102 cm³/mol. The van der Waals surface area contributed by atoms with Gasteiger partial charge in [-0.1, -0.05) is 42.7 Å². The van der Waals surface area contributed by atoms with Crippen molar-refractivity contribution in [1.29, 1.82) is 0 Å². The fourth-order valence-corrected chi connectivity index (χ4v) is 4.93. The van der Waals surface area contributed by atoms with Gasteiger partial charge in [0.1, 0.15) is 0 Å². The minimum Gasteiger partial charge on any atom is -0.385 e. The van der Waals surface area contributed by atoms with Crippen molar-refractivity contribution in [3.8, 4) is 0 Å². The fraction of sp³-hybridized carbons (Fsp3) is 0.619. The second-order valence-corrected chi connectivity index (χ2v) is 8.32. The third-order valence-electron chi connectivity index (χ3n) is 5.91. The number of nitrogens with zero attached hydrogens (tertiary/aromatic N) is 1. The van der Waals surface area contributed by atoms with Crippen molar-refractivity contribution < 1.29 is 5.11 Å². The first-order valence-electron chi connectivity index (χ1n) is 9.34. The van der Waals surface area contributed by atoms with Crippen LogP contribution < -0.4 is 0 Å². The Morgan fingerprint density at radius 3 is 2.42 bits per heavy atom. The van der Waals surface area contributed by atoms with Gasteiger partial charge in [-0.3, -0.25) is 0 Å². The van der Waals surface area contributed by atoms with E-state index in [1.807, 2.05) is 12.1 Å². The van der Waals surface area contributed by atoms with E-state index >= 15 is 0 Å². The third kappa shape index (κ3) is 3.71. The molecule has 0 saturated heterocycles. The molecule has 1 N–H and O–H groups in total. The maximum atomic E-state index is 11.9. The van der Waals surface area contributed by atoms with Crippen LogP contribution in [0, 0.1) is 11.8 Å². The van der Waals surface area contributed by atoms with Crippen molar-refractivity contribution in [1.82, 2.24) is 4.90 Å². The highest BCUT2D eigenvalue weighted by atomic mass is 35.5. The molecular formula is C21H30ClNO. The Morgan fingerprint density at radius 1 is 1.12 bits per heavy atom. The van der Waals surface area contributed by atoms with Gasteiger partial charge < -0.3 is 10.0 Å². The van der Waals surface area contributed by atoms with E-state index in [4.69, 9.17) is 11.6 Å². The lowest BCUT2D eigenvalue weighted by Crippen LogP contribution is -2.51. The summed E-state index contributed by atoms with van der Waals surface area (Å²) in [6, 6.07) is 7.98. The molecule has 1 aromatic rings. The molecule has 0 radical (unpaired) electrons. The van der Waals surface area contributed by atoms with Gasteiger partial charge in [0.05, 0.1) is 5.60 Å². The number of hydrogen-bond acceptors (Lipinski definition) is 2. The molecule has 0 amide bonds. The summed E-state index contributed by atoms with van der Waals surface area (Å²) in [6.07, 6.45) is 10.4. The summed E-state index contributed by atoms with van der Waals surface area (Å²) in [7, 11) is 4.23. The molecule has 2 fully saturated rings. The molecule has 0 aliphatic heterocycles. The van der Waals surface area contributed by atoms with Crippen molar-refractivity contribution in [2.75, 3.05) is 20.6 Å². The molecular weight excluding hydrogens is 318 g/mol. The monoisotopic (exact) mass is 347 g/mol. The molecule has 132 valence electrons. The van der Waals surface area contributed by atoms with Crippen LogP contribution in [0.25, 0.3) is 6.08 Å². The van der Waals surface area contributed by atoms with E-state index in [0.29, 0.717) is 11.8 Å². The van der Waals surface area contributed by atoms with Crippen LogP contribution in [0.3, 0.4) is 0 Å². The smallest absolute Gasteiger partial charge is 0.0928 e. The Bertz CT molecular complexity index is 574. The van der Waals surface area contributed by atoms with Crippen LogP contribution >= 0.6 is 11.6 Å². The maximum absolute atomic E-state index is 11.9. The van der Waals surface area contributed by atoms with Gasteiger partial charge in [0.2, 0.25) is 0 Å². The first kappa shape index (κ1) is 18.0. The largest absolute Gasteiger partial charge is 0.385 e. The van der Waals surface area contributed by atoms with Crippen molar-refractivity contribution in [3.63, 3.8) is 0 Å². The van der Waals surface area contributed by atoms with E-state index < -0.39 is 5.60 Å². The SMILES string of the molecule is CN(C)CC1CCC/C(=C\c2ccc(Cl)cc2)C1(O)C1CCCC1. The summed E-state index contributed by atoms with van der Waals surface area (Å²) in [5.74, 6) is 0.754. The Kier molecular flexibility index (Phi) is 5.69. The lowest BCUT2D eigenvalue weighted by Gasteiger charge is -2.47. The first-order valence-corrected chi connectivity index (χ1v) is 9.71. The number of halogens is 1. The molecule has 2 atom stereocenters. The van der Waals surface area contributed by atoms with Gasteiger partial charge in [0.15, 0.2) is 0 Å². The van der Waals surface area contributed by atoms with Crippen molar-refractivity contribution in [2.45, 2.75) is 50.5 Å². The first-order chi connectivity index (χ1) is 11.5. The summed E-state index contributed by atoms with van der Waals surface area (Å²) in [6.45, 7) is 0.963. The van der Waals surface area contributed by atoms with Crippen molar-refractivity contribution in [2.24, 2.45) is 11.8 Å². The number of benzene rings is 1. The number of hydrogen-bond donors (Lipinski definition) is 1. The van der Waals surface area contributed by atoms with Crippen molar-refractivity contribution >= 4 is 17.7 Å². The average Bonchev–Trinajstić information content (AvgIpc) is 3.08. The molecule has 1 aromatic carbocycles. The van der Waals surface area contributed by atoms with Gasteiger partial charge in [0, 0.05) is 17.5 Å². The van der Waals surface area contributed by atoms with Crippen LogP contribution in [0.2, 0.25) is 5.02 Å². The topological polar surface area (TPSA) is 23.5 Å². The second-order valence-electron chi connectivity index (χ2n) is 7.88. The van der Waals surface area contributed by atoms with E-state index in [-0.39, 0.29) is 0 Å². The van der Waals surface area contributed by atoms with Gasteiger partial charge in [-0.2, -0.15) is 0 Å². The van der Waals surface area contributed by atoms with Gasteiger partial charge in [-0.05, 0) is 75.4 Å². The van der Waals surface area contributed by atoms with E-state index in [9.17, 15) is 5.11 Å². The number of aliphatic hydroxyl groups is 1. The normalized spacial score (nSPS) is 30.4. The van der Waals surface area contributed by atoms with E-state index in [1.165, 1.54) is 37.7 Å². The minimum absolute atomic E-state index is 0.336. The van der Waals surface area contributed by atoms with Crippen LogP contribution in [0.5, 0.6) is 0 Å². The molecule has 2 aliphatic carbocycles. The number of rotatable bonds is 4. The van der Waals surface area contributed by atoms with E-state index in [1.54, 1.807) is 0 Å². The lowest BCUT2D eigenvalue weighted by molar-refractivity contribution is -0.0581. The summed E-state index contributed by atoms with van der Waals surface area (Å²) < 4.78 is 0. The van der Waals surface area contributed by atoms with E-state index in [0.717, 1.165) is 30.0 Å².